The predicted molar refractivity (Wildman–Crippen MR) is 118 cm³/mol. The third-order valence-electron chi connectivity index (χ3n) is 5.10. The van der Waals surface area contributed by atoms with E-state index < -0.39 is 18.4 Å². The van der Waals surface area contributed by atoms with E-state index in [1.54, 1.807) is 0 Å². The van der Waals surface area contributed by atoms with Crippen molar-refractivity contribution in [1.82, 2.24) is 0 Å². The highest BCUT2D eigenvalue weighted by Gasteiger charge is 2.50. The van der Waals surface area contributed by atoms with Crippen molar-refractivity contribution in [2.24, 2.45) is 5.92 Å². The molecule has 2 rings (SSSR count). The molecule has 0 bridgehead atoms. The first kappa shape index (κ1) is 22.8. The highest BCUT2D eigenvalue weighted by molar-refractivity contribution is 7.85. The van der Waals surface area contributed by atoms with Gasteiger partial charge in [0.1, 0.15) is 0 Å². The van der Waals surface area contributed by atoms with Crippen LogP contribution in [0, 0.1) is 5.92 Å². The van der Waals surface area contributed by atoms with Crippen LogP contribution in [0.3, 0.4) is 0 Å². The average Bonchev–Trinajstić information content (AvgIpc) is 2.62. The zero-order valence-electron chi connectivity index (χ0n) is 17.3. The van der Waals surface area contributed by atoms with Crippen LogP contribution in [0.15, 0.2) is 60.7 Å². The van der Waals surface area contributed by atoms with E-state index in [1.165, 1.54) is 10.4 Å². The van der Waals surface area contributed by atoms with Crippen molar-refractivity contribution < 1.29 is 17.4 Å². The summed E-state index contributed by atoms with van der Waals surface area (Å²) in [6, 6.07) is 20.9. The van der Waals surface area contributed by atoms with Crippen molar-refractivity contribution in [3.05, 3.63) is 60.7 Å². The summed E-state index contributed by atoms with van der Waals surface area (Å²) < 4.78 is 37.7. The minimum absolute atomic E-state index is 0.0795. The third-order valence-corrected chi connectivity index (χ3v) is 10.9. The molecule has 0 saturated carbocycles. The van der Waals surface area contributed by atoms with Crippen LogP contribution in [-0.4, -0.2) is 33.6 Å². The number of rotatable bonds is 9. The lowest BCUT2D eigenvalue weighted by Crippen LogP contribution is -2.66. The van der Waals surface area contributed by atoms with E-state index in [9.17, 15) is 8.42 Å². The quantitative estimate of drug-likeness (QED) is 0.494. The molecule has 0 aliphatic carbocycles. The zero-order valence-corrected chi connectivity index (χ0v) is 19.1. The first-order valence-electron chi connectivity index (χ1n) is 9.76. The van der Waals surface area contributed by atoms with Gasteiger partial charge in [-0.05, 0) is 34.2 Å². The second kappa shape index (κ2) is 9.35. The number of benzene rings is 2. The second-order valence-electron chi connectivity index (χ2n) is 8.51. The zero-order chi connectivity index (χ0) is 20.8. The van der Waals surface area contributed by atoms with E-state index in [0.717, 1.165) is 0 Å². The van der Waals surface area contributed by atoms with Crippen molar-refractivity contribution in [3.8, 4) is 0 Å². The van der Waals surface area contributed by atoms with Gasteiger partial charge in [0.05, 0.1) is 5.75 Å². The van der Waals surface area contributed by atoms with Crippen LogP contribution < -0.4 is 10.4 Å². The van der Waals surface area contributed by atoms with Crippen LogP contribution >= 0.6 is 0 Å². The van der Waals surface area contributed by atoms with Gasteiger partial charge in [-0.1, -0.05) is 88.4 Å². The van der Waals surface area contributed by atoms with Crippen molar-refractivity contribution in [3.63, 3.8) is 0 Å². The van der Waals surface area contributed by atoms with Gasteiger partial charge in [0.15, 0.2) is 0 Å². The van der Waals surface area contributed by atoms with E-state index in [0.29, 0.717) is 19.4 Å². The Hall–Kier alpha value is -1.47. The van der Waals surface area contributed by atoms with Gasteiger partial charge in [0.25, 0.3) is 18.4 Å². The maximum absolute atomic E-state index is 11.0. The van der Waals surface area contributed by atoms with E-state index >= 15 is 0 Å². The van der Waals surface area contributed by atoms with Gasteiger partial charge in [-0.15, -0.1) is 0 Å². The Bertz CT molecular complexity index is 790. The lowest BCUT2D eigenvalue weighted by atomic mass is 10.1. The van der Waals surface area contributed by atoms with Crippen molar-refractivity contribution in [2.75, 3.05) is 12.4 Å². The molecule has 154 valence electrons. The molecule has 0 heterocycles. The maximum atomic E-state index is 11.0. The lowest BCUT2D eigenvalue weighted by Gasteiger charge is -2.43. The van der Waals surface area contributed by atoms with Gasteiger partial charge >= 0.3 is 0 Å². The standard InChI is InChI=1S/C22H32O4SSi/c1-19(12-11-17-27(23,24)25)18-26-28(22(2,3)4,20-13-7-5-8-14-20)21-15-9-6-10-16-21/h5-10,13-16,19H,11-12,17-18H2,1-4H3,(H,23,24,25). The molecule has 2 aromatic carbocycles. The minimum atomic E-state index is -3.90. The van der Waals surface area contributed by atoms with Crippen LogP contribution in [-0.2, 0) is 14.5 Å². The van der Waals surface area contributed by atoms with Crippen LogP contribution in [0.1, 0.15) is 40.5 Å². The molecule has 4 nitrogen and oxygen atoms in total. The Balaban J connectivity index is 2.31. The van der Waals surface area contributed by atoms with Crippen LogP contribution in [0.2, 0.25) is 5.04 Å². The molecule has 0 aliphatic heterocycles. The third kappa shape index (κ3) is 5.77. The fourth-order valence-corrected chi connectivity index (χ4v) is 8.95. The van der Waals surface area contributed by atoms with Crippen LogP contribution in [0.4, 0.5) is 0 Å². The predicted octanol–water partition coefficient (Wildman–Crippen LogP) is 3.87. The van der Waals surface area contributed by atoms with Crippen LogP contribution in [0.25, 0.3) is 0 Å². The maximum Gasteiger partial charge on any atom is 0.264 e. The fourth-order valence-electron chi connectivity index (χ4n) is 3.73. The summed E-state index contributed by atoms with van der Waals surface area (Å²) in [7, 11) is -6.46. The van der Waals surface area contributed by atoms with E-state index in [-0.39, 0.29) is 16.7 Å². The average molecular weight is 421 g/mol. The van der Waals surface area contributed by atoms with E-state index in [4.69, 9.17) is 8.98 Å². The topological polar surface area (TPSA) is 63.6 Å². The molecule has 0 spiro atoms. The van der Waals surface area contributed by atoms with Crippen molar-refractivity contribution >= 4 is 28.8 Å². The van der Waals surface area contributed by atoms with Crippen LogP contribution in [0.5, 0.6) is 0 Å². The molecule has 1 unspecified atom stereocenters. The van der Waals surface area contributed by atoms with E-state index in [2.05, 4.69) is 76.2 Å². The molecular weight excluding hydrogens is 388 g/mol. The summed E-state index contributed by atoms with van der Waals surface area (Å²) >= 11 is 0. The monoisotopic (exact) mass is 420 g/mol. The normalized spacial score (nSPS) is 14.0. The Kier molecular flexibility index (Phi) is 7.62. The van der Waals surface area contributed by atoms with Gasteiger partial charge in [0, 0.05) is 6.61 Å². The summed E-state index contributed by atoms with van der Waals surface area (Å²) in [5.41, 5.74) is 0. The summed E-state index contributed by atoms with van der Waals surface area (Å²) in [5, 5.41) is 2.39. The molecule has 0 aromatic heterocycles. The first-order chi connectivity index (χ1) is 13.1. The molecule has 0 fully saturated rings. The summed E-state index contributed by atoms with van der Waals surface area (Å²) in [6.45, 7) is 9.34. The highest BCUT2D eigenvalue weighted by atomic mass is 32.2. The molecule has 28 heavy (non-hydrogen) atoms. The summed E-state index contributed by atoms with van der Waals surface area (Å²) in [4.78, 5) is 0. The highest BCUT2D eigenvalue weighted by Crippen LogP contribution is 2.37. The summed E-state index contributed by atoms with van der Waals surface area (Å²) in [6.07, 6.45) is 1.13. The van der Waals surface area contributed by atoms with Crippen molar-refractivity contribution in [2.45, 2.75) is 45.6 Å². The molecule has 0 amide bonds. The second-order valence-corrected chi connectivity index (χ2v) is 14.4. The van der Waals surface area contributed by atoms with E-state index in [1.807, 2.05) is 12.1 Å². The molecule has 0 radical (unpaired) electrons. The Labute approximate surface area is 170 Å². The molecule has 2 aromatic rings. The molecular formula is C22H32O4SSi. The van der Waals surface area contributed by atoms with Gasteiger partial charge in [0.2, 0.25) is 0 Å². The van der Waals surface area contributed by atoms with Gasteiger partial charge in [-0.3, -0.25) is 4.55 Å². The molecule has 6 heteroatoms. The Morgan fingerprint density at radius 2 is 1.43 bits per heavy atom. The fraction of sp³-hybridized carbons (Fsp3) is 0.455. The largest absolute Gasteiger partial charge is 0.407 e. The smallest absolute Gasteiger partial charge is 0.264 e. The molecule has 0 aliphatic rings. The number of hydrogen-bond donors (Lipinski definition) is 1. The lowest BCUT2D eigenvalue weighted by molar-refractivity contribution is 0.237. The molecule has 1 atom stereocenters. The Morgan fingerprint density at radius 3 is 1.82 bits per heavy atom. The number of hydrogen-bond acceptors (Lipinski definition) is 3. The van der Waals surface area contributed by atoms with Crippen molar-refractivity contribution in [1.29, 1.82) is 0 Å². The van der Waals surface area contributed by atoms with Gasteiger partial charge in [-0.2, -0.15) is 8.42 Å². The van der Waals surface area contributed by atoms with Gasteiger partial charge in [-0.25, -0.2) is 0 Å². The minimum Gasteiger partial charge on any atom is -0.407 e. The Morgan fingerprint density at radius 1 is 0.964 bits per heavy atom. The molecule has 0 saturated heterocycles. The van der Waals surface area contributed by atoms with Gasteiger partial charge < -0.3 is 4.43 Å². The molecule has 1 N–H and O–H groups in total. The first-order valence-corrected chi connectivity index (χ1v) is 13.3. The summed E-state index contributed by atoms with van der Waals surface area (Å²) in [5.74, 6) is -0.000272. The SMILES string of the molecule is CC(CCCS(=O)(=O)O)CO[Si](c1ccccc1)(c1ccccc1)C(C)(C)C.